The number of rotatable bonds is 6. The van der Waals surface area contributed by atoms with Crippen molar-refractivity contribution in [2.24, 2.45) is 5.92 Å². The van der Waals surface area contributed by atoms with Gasteiger partial charge in [0.25, 0.3) is 0 Å². The van der Waals surface area contributed by atoms with Gasteiger partial charge in [-0.1, -0.05) is 11.6 Å². The second kappa shape index (κ2) is 8.19. The molecule has 5 rings (SSSR count). The van der Waals surface area contributed by atoms with Crippen molar-refractivity contribution in [3.63, 3.8) is 0 Å². The number of nitrogens with zero attached hydrogens (tertiary/aromatic N) is 4. The molecule has 156 valence electrons. The summed E-state index contributed by atoms with van der Waals surface area (Å²) >= 11 is 0. The minimum atomic E-state index is 0.373. The third-order valence-electron chi connectivity index (χ3n) is 6.42. The van der Waals surface area contributed by atoms with E-state index in [-0.39, 0.29) is 0 Å². The molecule has 1 fully saturated rings. The van der Waals surface area contributed by atoms with Gasteiger partial charge in [0.2, 0.25) is 5.88 Å². The summed E-state index contributed by atoms with van der Waals surface area (Å²) in [6, 6.07) is 6.09. The molecule has 0 spiro atoms. The minimum Gasteiger partial charge on any atom is -0.473 e. The third kappa shape index (κ3) is 3.97. The predicted octanol–water partition coefficient (Wildman–Crippen LogP) is 4.49. The first-order valence-electron chi connectivity index (χ1n) is 10.9. The van der Waals surface area contributed by atoms with Gasteiger partial charge in [0.1, 0.15) is 18.1 Å². The zero-order chi connectivity index (χ0) is 20.5. The van der Waals surface area contributed by atoms with Gasteiger partial charge in [-0.05, 0) is 62.3 Å². The molecule has 0 bridgehead atoms. The predicted molar refractivity (Wildman–Crippen MR) is 114 cm³/mol. The lowest BCUT2D eigenvalue weighted by Gasteiger charge is -2.35. The topological polar surface area (TPSA) is 64.3 Å². The molecular weight excluding hydrogens is 376 g/mol. The van der Waals surface area contributed by atoms with Crippen molar-refractivity contribution in [2.45, 2.75) is 52.7 Å². The minimum absolute atomic E-state index is 0.373. The normalized spacial score (nSPS) is 16.9. The molecule has 3 aromatic heterocycles. The lowest BCUT2D eigenvalue weighted by atomic mass is 9.84. The van der Waals surface area contributed by atoms with E-state index in [0.29, 0.717) is 12.5 Å². The number of hydrogen-bond donors (Lipinski definition) is 0. The second-order valence-corrected chi connectivity index (χ2v) is 8.62. The molecule has 6 heteroatoms. The van der Waals surface area contributed by atoms with E-state index < -0.39 is 0 Å². The first kappa shape index (κ1) is 19.2. The van der Waals surface area contributed by atoms with Crippen molar-refractivity contribution in [3.05, 3.63) is 58.7 Å². The summed E-state index contributed by atoms with van der Waals surface area (Å²) in [7, 11) is 0. The Morgan fingerprint density at radius 1 is 1.13 bits per heavy atom. The smallest absolute Gasteiger partial charge is 0.213 e. The van der Waals surface area contributed by atoms with Crippen LogP contribution in [0.3, 0.4) is 0 Å². The van der Waals surface area contributed by atoms with Crippen LogP contribution in [0.5, 0.6) is 5.88 Å². The number of pyridine rings is 2. The Labute approximate surface area is 177 Å². The maximum absolute atomic E-state index is 6.06. The van der Waals surface area contributed by atoms with Gasteiger partial charge in [0, 0.05) is 49.4 Å². The molecule has 0 saturated heterocycles. The molecule has 0 N–H and O–H groups in total. The second-order valence-electron chi connectivity index (χ2n) is 8.62. The summed E-state index contributed by atoms with van der Waals surface area (Å²) in [5, 5.41) is 4.22. The lowest BCUT2D eigenvalue weighted by molar-refractivity contribution is 0.165. The van der Waals surface area contributed by atoms with E-state index in [1.807, 2.05) is 38.4 Å². The van der Waals surface area contributed by atoms with Gasteiger partial charge >= 0.3 is 0 Å². The summed E-state index contributed by atoms with van der Waals surface area (Å²) in [6.07, 6.45) is 9.08. The maximum Gasteiger partial charge on any atom is 0.213 e. The lowest BCUT2D eigenvalue weighted by Crippen LogP contribution is -2.36. The monoisotopic (exact) mass is 404 g/mol. The molecule has 1 aliphatic heterocycles. The highest BCUT2D eigenvalue weighted by Gasteiger charge is 2.24. The van der Waals surface area contributed by atoms with Crippen molar-refractivity contribution in [1.82, 2.24) is 20.0 Å². The first-order valence-corrected chi connectivity index (χ1v) is 10.9. The van der Waals surface area contributed by atoms with E-state index in [0.717, 1.165) is 53.7 Å². The van der Waals surface area contributed by atoms with E-state index in [2.05, 4.69) is 26.1 Å². The summed E-state index contributed by atoms with van der Waals surface area (Å²) in [5.74, 6) is 2.33. The number of aromatic nitrogens is 3. The van der Waals surface area contributed by atoms with E-state index in [9.17, 15) is 0 Å². The fourth-order valence-corrected chi connectivity index (χ4v) is 4.29. The standard InChI is InChI=1S/C24H28N4O2/c1-16-6-7-20(11-25-16)24-22(17(2)30-27-24)15-29-23-10-19-8-9-28(13-18-4-3-5-18)14-21(19)12-26-23/h6-7,10-12,18H,3-5,8-9,13-15H2,1-2H3. The first-order chi connectivity index (χ1) is 14.7. The van der Waals surface area contributed by atoms with Crippen LogP contribution in [0.25, 0.3) is 11.3 Å². The Morgan fingerprint density at radius 3 is 2.80 bits per heavy atom. The molecule has 0 atom stereocenters. The number of fused-ring (bicyclic) bond motifs is 1. The molecule has 0 radical (unpaired) electrons. The average molecular weight is 405 g/mol. The largest absolute Gasteiger partial charge is 0.473 e. The van der Waals surface area contributed by atoms with Crippen molar-refractivity contribution in [3.8, 4) is 17.1 Å². The quantitative estimate of drug-likeness (QED) is 0.603. The fourth-order valence-electron chi connectivity index (χ4n) is 4.29. The zero-order valence-electron chi connectivity index (χ0n) is 17.7. The highest BCUT2D eigenvalue weighted by Crippen LogP contribution is 2.30. The Balaban J connectivity index is 1.26. The maximum atomic E-state index is 6.06. The summed E-state index contributed by atoms with van der Waals surface area (Å²) < 4.78 is 11.5. The summed E-state index contributed by atoms with van der Waals surface area (Å²) in [5.41, 5.74) is 6.31. The van der Waals surface area contributed by atoms with Crippen LogP contribution in [0.1, 0.15) is 47.4 Å². The van der Waals surface area contributed by atoms with Crippen LogP contribution in [-0.2, 0) is 19.6 Å². The zero-order valence-corrected chi connectivity index (χ0v) is 17.7. The van der Waals surface area contributed by atoms with Crippen molar-refractivity contribution in [1.29, 1.82) is 0 Å². The molecule has 0 amide bonds. The Hall–Kier alpha value is -2.73. The Bertz CT molecular complexity index is 1020. The molecule has 0 unspecified atom stereocenters. The van der Waals surface area contributed by atoms with Gasteiger partial charge in [0.15, 0.2) is 0 Å². The van der Waals surface area contributed by atoms with Crippen LogP contribution in [0.15, 0.2) is 35.1 Å². The molecule has 1 saturated carbocycles. The average Bonchev–Trinajstić information content (AvgIpc) is 3.10. The van der Waals surface area contributed by atoms with Gasteiger partial charge in [-0.25, -0.2) is 4.98 Å². The molecule has 6 nitrogen and oxygen atoms in total. The number of ether oxygens (including phenoxy) is 1. The van der Waals surface area contributed by atoms with Crippen molar-refractivity contribution >= 4 is 0 Å². The number of hydrogen-bond acceptors (Lipinski definition) is 6. The van der Waals surface area contributed by atoms with Gasteiger partial charge in [-0.15, -0.1) is 0 Å². The third-order valence-corrected chi connectivity index (χ3v) is 6.42. The van der Waals surface area contributed by atoms with Crippen LogP contribution in [0.4, 0.5) is 0 Å². The summed E-state index contributed by atoms with van der Waals surface area (Å²) in [4.78, 5) is 11.5. The SMILES string of the molecule is Cc1ccc(-c2noc(C)c2COc2cc3c(cn2)CN(CC2CCC2)CC3)cn1. The van der Waals surface area contributed by atoms with Crippen LogP contribution >= 0.6 is 0 Å². The van der Waals surface area contributed by atoms with Crippen LogP contribution in [-0.4, -0.2) is 33.1 Å². The van der Waals surface area contributed by atoms with E-state index in [1.54, 1.807) is 0 Å². The van der Waals surface area contributed by atoms with Gasteiger partial charge in [-0.3, -0.25) is 9.88 Å². The highest BCUT2D eigenvalue weighted by molar-refractivity contribution is 5.62. The van der Waals surface area contributed by atoms with E-state index in [4.69, 9.17) is 9.26 Å². The van der Waals surface area contributed by atoms with Crippen LogP contribution in [0, 0.1) is 19.8 Å². The van der Waals surface area contributed by atoms with Gasteiger partial charge in [-0.2, -0.15) is 0 Å². The molecule has 30 heavy (non-hydrogen) atoms. The molecule has 1 aliphatic carbocycles. The van der Waals surface area contributed by atoms with Gasteiger partial charge < -0.3 is 9.26 Å². The molecule has 4 heterocycles. The van der Waals surface area contributed by atoms with Crippen molar-refractivity contribution in [2.75, 3.05) is 13.1 Å². The fraction of sp³-hybridized carbons (Fsp3) is 0.458. The summed E-state index contributed by atoms with van der Waals surface area (Å²) in [6.45, 7) is 7.62. The van der Waals surface area contributed by atoms with Crippen LogP contribution in [0.2, 0.25) is 0 Å². The Kier molecular flexibility index (Phi) is 5.25. The van der Waals surface area contributed by atoms with E-state index in [1.165, 1.54) is 36.9 Å². The number of aryl methyl sites for hydroxylation is 2. The Morgan fingerprint density at radius 2 is 2.03 bits per heavy atom. The van der Waals surface area contributed by atoms with Crippen molar-refractivity contribution < 1.29 is 9.26 Å². The highest BCUT2D eigenvalue weighted by atomic mass is 16.5. The van der Waals surface area contributed by atoms with Gasteiger partial charge in [0.05, 0.1) is 5.56 Å². The molecular formula is C24H28N4O2. The van der Waals surface area contributed by atoms with E-state index >= 15 is 0 Å². The molecule has 3 aromatic rings. The molecule has 0 aromatic carbocycles. The van der Waals surface area contributed by atoms with Crippen LogP contribution < -0.4 is 4.74 Å². The molecule has 2 aliphatic rings.